The van der Waals surface area contributed by atoms with Crippen LogP contribution in [-0.4, -0.2) is 10.8 Å². The number of H-pyrrole nitrogens is 1. The van der Waals surface area contributed by atoms with Crippen molar-refractivity contribution in [2.75, 3.05) is 0 Å². The third-order valence-corrected chi connectivity index (χ3v) is 7.40. The zero-order valence-electron chi connectivity index (χ0n) is 16.7. The highest BCUT2D eigenvalue weighted by Gasteiger charge is 2.35. The molecule has 0 saturated carbocycles. The second-order valence-corrected chi connectivity index (χ2v) is 10.0. The van der Waals surface area contributed by atoms with Gasteiger partial charge in [-0.05, 0) is 45.3 Å². The van der Waals surface area contributed by atoms with E-state index in [1.165, 1.54) is 0 Å². The Labute approximate surface area is 193 Å². The molecule has 0 saturated heterocycles. The van der Waals surface area contributed by atoms with Crippen LogP contribution in [0, 0.1) is 0 Å². The Morgan fingerprint density at radius 1 is 0.806 bits per heavy atom. The van der Waals surface area contributed by atoms with Gasteiger partial charge in [0, 0.05) is 33.5 Å². The zero-order valence-corrected chi connectivity index (χ0v) is 19.1. The standard InChI is InChI=1S/C27H20BrNOS/c28-24-16-15-23(31-24)26(21-17-29-22-14-8-7-13-20(21)22)25(18-9-3-1-4-10-18)27(30)19-11-5-2-6-12-19/h1-17,25-26,29H. The lowest BCUT2D eigenvalue weighted by Gasteiger charge is -2.26. The number of hydrogen-bond acceptors (Lipinski definition) is 2. The highest BCUT2D eigenvalue weighted by atomic mass is 79.9. The molecular formula is C27H20BrNOS. The summed E-state index contributed by atoms with van der Waals surface area (Å²) in [4.78, 5) is 18.6. The predicted molar refractivity (Wildman–Crippen MR) is 132 cm³/mol. The van der Waals surface area contributed by atoms with Gasteiger partial charge in [-0.1, -0.05) is 78.9 Å². The molecule has 5 rings (SSSR count). The Kier molecular flexibility index (Phi) is 5.58. The number of rotatable bonds is 6. The van der Waals surface area contributed by atoms with Gasteiger partial charge in [-0.25, -0.2) is 0 Å². The number of carbonyl (C=O) groups is 1. The summed E-state index contributed by atoms with van der Waals surface area (Å²) >= 11 is 5.32. The number of hydrogen-bond donors (Lipinski definition) is 1. The highest BCUT2D eigenvalue weighted by Crippen LogP contribution is 2.45. The molecule has 0 spiro atoms. The monoisotopic (exact) mass is 485 g/mol. The van der Waals surface area contributed by atoms with E-state index in [0.29, 0.717) is 0 Å². The maximum atomic E-state index is 14.0. The van der Waals surface area contributed by atoms with E-state index in [0.717, 1.165) is 36.3 Å². The van der Waals surface area contributed by atoms with E-state index in [2.05, 4.69) is 69.6 Å². The van der Waals surface area contributed by atoms with Crippen molar-refractivity contribution in [1.82, 2.24) is 4.98 Å². The van der Waals surface area contributed by atoms with Gasteiger partial charge in [0.25, 0.3) is 0 Å². The predicted octanol–water partition coefficient (Wildman–Crippen LogP) is 7.79. The minimum atomic E-state index is -0.339. The van der Waals surface area contributed by atoms with Crippen molar-refractivity contribution in [1.29, 1.82) is 0 Å². The molecule has 4 heteroatoms. The zero-order chi connectivity index (χ0) is 21.2. The summed E-state index contributed by atoms with van der Waals surface area (Å²) in [6.45, 7) is 0. The van der Waals surface area contributed by atoms with Crippen molar-refractivity contribution in [3.05, 3.63) is 129 Å². The lowest BCUT2D eigenvalue weighted by Crippen LogP contribution is -2.21. The lowest BCUT2D eigenvalue weighted by molar-refractivity contribution is 0.0952. The molecule has 2 aromatic heterocycles. The molecule has 2 atom stereocenters. The van der Waals surface area contributed by atoms with Crippen LogP contribution in [-0.2, 0) is 0 Å². The van der Waals surface area contributed by atoms with E-state index < -0.39 is 0 Å². The number of halogens is 1. The largest absolute Gasteiger partial charge is 0.361 e. The SMILES string of the molecule is O=C(c1ccccc1)C(c1ccccc1)C(c1ccc(Br)s1)c1c[nH]c2ccccc12. The number of carbonyl (C=O) groups excluding carboxylic acids is 1. The van der Waals surface area contributed by atoms with E-state index in [4.69, 9.17) is 0 Å². The van der Waals surface area contributed by atoms with Gasteiger partial charge < -0.3 is 4.98 Å². The smallest absolute Gasteiger partial charge is 0.171 e. The molecule has 152 valence electrons. The van der Waals surface area contributed by atoms with Crippen LogP contribution in [0.15, 0.2) is 107 Å². The van der Waals surface area contributed by atoms with Crippen LogP contribution < -0.4 is 0 Å². The van der Waals surface area contributed by atoms with E-state index in [-0.39, 0.29) is 17.6 Å². The summed E-state index contributed by atoms with van der Waals surface area (Å²) in [6.07, 6.45) is 2.07. The normalized spacial score (nSPS) is 13.2. The number of aromatic nitrogens is 1. The summed E-state index contributed by atoms with van der Waals surface area (Å²) in [5, 5.41) is 1.15. The van der Waals surface area contributed by atoms with Crippen LogP contribution in [0.1, 0.15) is 38.2 Å². The molecule has 2 heterocycles. The summed E-state index contributed by atoms with van der Waals surface area (Å²) < 4.78 is 1.06. The van der Waals surface area contributed by atoms with Gasteiger partial charge >= 0.3 is 0 Å². The first kappa shape index (κ1) is 20.0. The van der Waals surface area contributed by atoms with E-state index in [1.54, 1.807) is 11.3 Å². The molecule has 0 radical (unpaired) electrons. The fourth-order valence-corrected chi connectivity index (χ4v) is 5.86. The number of benzene rings is 3. The number of nitrogens with one attached hydrogen (secondary N) is 1. The van der Waals surface area contributed by atoms with E-state index in [9.17, 15) is 4.79 Å². The van der Waals surface area contributed by atoms with Gasteiger partial charge in [0.05, 0.1) is 9.70 Å². The summed E-state index contributed by atoms with van der Waals surface area (Å²) in [5.41, 5.74) is 3.98. The molecule has 1 N–H and O–H groups in total. The van der Waals surface area contributed by atoms with Crippen LogP contribution in [0.25, 0.3) is 10.9 Å². The first-order valence-corrected chi connectivity index (χ1v) is 11.8. The third kappa shape index (κ3) is 3.89. The first-order chi connectivity index (χ1) is 15.2. The molecule has 31 heavy (non-hydrogen) atoms. The molecule has 2 unspecified atom stereocenters. The number of ketones is 1. The summed E-state index contributed by atoms with van der Waals surface area (Å²) in [6, 6.07) is 32.3. The first-order valence-electron chi connectivity index (χ1n) is 10.2. The van der Waals surface area contributed by atoms with Gasteiger partial charge in [-0.2, -0.15) is 0 Å². The van der Waals surface area contributed by atoms with Crippen molar-refractivity contribution in [3.8, 4) is 0 Å². The maximum Gasteiger partial charge on any atom is 0.171 e. The van der Waals surface area contributed by atoms with Crippen LogP contribution in [0.4, 0.5) is 0 Å². The topological polar surface area (TPSA) is 32.9 Å². The van der Waals surface area contributed by atoms with Gasteiger partial charge in [-0.3, -0.25) is 4.79 Å². The van der Waals surface area contributed by atoms with Crippen LogP contribution in [0.5, 0.6) is 0 Å². The fourth-order valence-electron chi connectivity index (χ4n) is 4.28. The van der Waals surface area contributed by atoms with Crippen molar-refractivity contribution < 1.29 is 4.79 Å². The van der Waals surface area contributed by atoms with Crippen LogP contribution >= 0.6 is 27.3 Å². The maximum absolute atomic E-state index is 14.0. The molecule has 0 aliphatic carbocycles. The highest BCUT2D eigenvalue weighted by molar-refractivity contribution is 9.11. The average molecular weight is 486 g/mol. The Bertz CT molecular complexity index is 1320. The number of Topliss-reactive ketones (excluding diaryl/α,β-unsaturated/α-hetero) is 1. The summed E-state index contributed by atoms with van der Waals surface area (Å²) in [5.74, 6) is -0.317. The van der Waals surface area contributed by atoms with Gasteiger partial charge in [0.1, 0.15) is 0 Å². The molecule has 0 fully saturated rings. The molecule has 0 aliphatic heterocycles. The molecule has 0 bridgehead atoms. The van der Waals surface area contributed by atoms with E-state index in [1.807, 2.05) is 54.6 Å². The molecule has 0 aliphatic rings. The van der Waals surface area contributed by atoms with Crippen molar-refractivity contribution in [2.45, 2.75) is 11.8 Å². The van der Waals surface area contributed by atoms with Crippen molar-refractivity contribution >= 4 is 44.0 Å². The van der Waals surface area contributed by atoms with Crippen LogP contribution in [0.2, 0.25) is 0 Å². The van der Waals surface area contributed by atoms with Crippen molar-refractivity contribution in [3.63, 3.8) is 0 Å². The quantitative estimate of drug-likeness (QED) is 0.244. The number of aromatic amines is 1. The number of fused-ring (bicyclic) bond motifs is 1. The minimum absolute atomic E-state index is 0.109. The Hall–Kier alpha value is -2.95. The summed E-state index contributed by atoms with van der Waals surface area (Å²) in [7, 11) is 0. The average Bonchev–Trinajstić information content (AvgIpc) is 3.44. The second kappa shape index (κ2) is 8.66. The molecule has 2 nitrogen and oxygen atoms in total. The Morgan fingerprint density at radius 2 is 1.48 bits per heavy atom. The number of para-hydroxylation sites is 1. The Balaban J connectivity index is 1.75. The minimum Gasteiger partial charge on any atom is -0.361 e. The molecule has 3 aromatic carbocycles. The molecular weight excluding hydrogens is 466 g/mol. The van der Waals surface area contributed by atoms with Crippen molar-refractivity contribution in [2.24, 2.45) is 0 Å². The third-order valence-electron chi connectivity index (χ3n) is 5.69. The molecule has 0 amide bonds. The number of thiophene rings is 1. The van der Waals surface area contributed by atoms with Crippen LogP contribution in [0.3, 0.4) is 0 Å². The van der Waals surface area contributed by atoms with Gasteiger partial charge in [-0.15, -0.1) is 11.3 Å². The van der Waals surface area contributed by atoms with Gasteiger partial charge in [0.15, 0.2) is 5.78 Å². The lowest BCUT2D eigenvalue weighted by atomic mass is 9.76. The fraction of sp³-hybridized carbons (Fsp3) is 0.0741. The second-order valence-electron chi connectivity index (χ2n) is 7.53. The van der Waals surface area contributed by atoms with Gasteiger partial charge in [0.2, 0.25) is 0 Å². The molecule has 5 aromatic rings. The van der Waals surface area contributed by atoms with E-state index >= 15 is 0 Å². The Morgan fingerprint density at radius 3 is 2.19 bits per heavy atom.